The molecule has 5 nitrogen and oxygen atoms in total. The second-order valence-electron chi connectivity index (χ2n) is 4.14. The van der Waals surface area contributed by atoms with Crippen LogP contribution in [0.1, 0.15) is 26.5 Å². The van der Waals surface area contributed by atoms with E-state index < -0.39 is 5.54 Å². The number of carbonyl (C=O) groups is 1. The van der Waals surface area contributed by atoms with Crippen molar-refractivity contribution in [2.24, 2.45) is 7.05 Å². The van der Waals surface area contributed by atoms with Gasteiger partial charge in [-0.15, -0.1) is 5.10 Å². The molecule has 1 rings (SSSR count). The third kappa shape index (κ3) is 3.13. The number of aryl methyl sites for hydroxylation is 1. The summed E-state index contributed by atoms with van der Waals surface area (Å²) in [6.45, 7) is 6.53. The number of carbonyl (C=O) groups excluding carboxylic acids is 1. The van der Waals surface area contributed by atoms with E-state index >= 15 is 0 Å². The standard InChI is InChI=1S/C10H18N4O/c1-5-11-10(2,3)9(15)6-8-7-14(4)13-12-8/h7,11H,5-6H2,1-4H3. The van der Waals surface area contributed by atoms with Crippen LogP contribution < -0.4 is 5.32 Å². The molecule has 5 heteroatoms. The van der Waals surface area contributed by atoms with Crippen LogP contribution in [0, 0.1) is 0 Å². The summed E-state index contributed by atoms with van der Waals surface area (Å²) in [6, 6.07) is 0. The maximum Gasteiger partial charge on any atom is 0.158 e. The topological polar surface area (TPSA) is 59.8 Å². The molecule has 15 heavy (non-hydrogen) atoms. The summed E-state index contributed by atoms with van der Waals surface area (Å²) >= 11 is 0. The molecule has 0 amide bonds. The molecule has 0 aliphatic carbocycles. The molecule has 0 unspecified atom stereocenters. The number of hydrogen-bond donors (Lipinski definition) is 1. The maximum atomic E-state index is 11.9. The van der Waals surface area contributed by atoms with Gasteiger partial charge < -0.3 is 5.32 Å². The maximum absolute atomic E-state index is 11.9. The summed E-state index contributed by atoms with van der Waals surface area (Å²) in [5, 5.41) is 10.8. The van der Waals surface area contributed by atoms with Crippen molar-refractivity contribution in [1.29, 1.82) is 0 Å². The summed E-state index contributed by atoms with van der Waals surface area (Å²) in [4.78, 5) is 11.9. The Balaban J connectivity index is 2.63. The molecule has 0 fully saturated rings. The third-order valence-corrected chi connectivity index (χ3v) is 2.31. The van der Waals surface area contributed by atoms with Gasteiger partial charge in [-0.05, 0) is 20.4 Å². The van der Waals surface area contributed by atoms with E-state index in [2.05, 4.69) is 15.6 Å². The lowest BCUT2D eigenvalue weighted by Crippen LogP contribution is -2.47. The summed E-state index contributed by atoms with van der Waals surface area (Å²) in [5.74, 6) is 0.129. The Morgan fingerprint density at radius 2 is 2.27 bits per heavy atom. The fourth-order valence-electron chi connectivity index (χ4n) is 1.40. The Morgan fingerprint density at radius 3 is 2.73 bits per heavy atom. The highest BCUT2D eigenvalue weighted by molar-refractivity contribution is 5.89. The Hall–Kier alpha value is -1.23. The largest absolute Gasteiger partial charge is 0.306 e. The molecule has 0 bridgehead atoms. The molecule has 1 aromatic rings. The number of Topliss-reactive ketones (excluding diaryl/α,β-unsaturated/α-hetero) is 1. The van der Waals surface area contributed by atoms with Crippen LogP contribution in [0.3, 0.4) is 0 Å². The molecule has 84 valence electrons. The van der Waals surface area contributed by atoms with Gasteiger partial charge in [-0.1, -0.05) is 12.1 Å². The average Bonchev–Trinajstić information content (AvgIpc) is 2.51. The Morgan fingerprint density at radius 1 is 1.60 bits per heavy atom. The van der Waals surface area contributed by atoms with Crippen molar-refractivity contribution >= 4 is 5.78 Å². The molecule has 1 heterocycles. The summed E-state index contributed by atoms with van der Waals surface area (Å²) in [6.07, 6.45) is 2.09. The van der Waals surface area contributed by atoms with Gasteiger partial charge in [-0.25, -0.2) is 0 Å². The van der Waals surface area contributed by atoms with Crippen LogP contribution in [0.4, 0.5) is 0 Å². The van der Waals surface area contributed by atoms with Crippen LogP contribution in [0.15, 0.2) is 6.20 Å². The van der Waals surface area contributed by atoms with Crippen molar-refractivity contribution in [1.82, 2.24) is 20.3 Å². The van der Waals surface area contributed by atoms with Gasteiger partial charge in [0.1, 0.15) is 0 Å². The molecule has 0 spiro atoms. The van der Waals surface area contributed by atoms with Gasteiger partial charge in [0.25, 0.3) is 0 Å². The lowest BCUT2D eigenvalue weighted by Gasteiger charge is -2.23. The van der Waals surface area contributed by atoms with Crippen LogP contribution in [-0.2, 0) is 18.3 Å². The smallest absolute Gasteiger partial charge is 0.158 e. The SMILES string of the molecule is CCNC(C)(C)C(=O)Cc1cn(C)nn1. The zero-order valence-electron chi connectivity index (χ0n) is 9.74. The molecule has 0 saturated carbocycles. The molecule has 1 N–H and O–H groups in total. The van der Waals surface area contributed by atoms with Crippen molar-refractivity contribution in [2.75, 3.05) is 6.54 Å². The van der Waals surface area contributed by atoms with E-state index in [1.54, 1.807) is 17.9 Å². The van der Waals surface area contributed by atoms with E-state index in [1.165, 1.54) is 0 Å². The predicted molar refractivity (Wildman–Crippen MR) is 57.5 cm³/mol. The quantitative estimate of drug-likeness (QED) is 0.760. The van der Waals surface area contributed by atoms with Crippen molar-refractivity contribution in [3.8, 4) is 0 Å². The van der Waals surface area contributed by atoms with Gasteiger partial charge in [-0.3, -0.25) is 9.48 Å². The van der Waals surface area contributed by atoms with E-state index in [1.807, 2.05) is 20.8 Å². The lowest BCUT2D eigenvalue weighted by molar-refractivity contribution is -0.123. The average molecular weight is 210 g/mol. The highest BCUT2D eigenvalue weighted by Crippen LogP contribution is 2.07. The molecule has 0 atom stereocenters. The van der Waals surface area contributed by atoms with Gasteiger partial charge in [0.15, 0.2) is 5.78 Å². The zero-order valence-corrected chi connectivity index (χ0v) is 9.74. The molecule has 0 aromatic carbocycles. The summed E-state index contributed by atoms with van der Waals surface area (Å²) in [5.41, 5.74) is 0.222. The molecule has 1 aromatic heterocycles. The second kappa shape index (κ2) is 4.53. The van der Waals surface area contributed by atoms with E-state index in [4.69, 9.17) is 0 Å². The first-order valence-corrected chi connectivity index (χ1v) is 5.09. The van der Waals surface area contributed by atoms with Crippen molar-refractivity contribution in [3.63, 3.8) is 0 Å². The first-order valence-electron chi connectivity index (χ1n) is 5.09. The fourth-order valence-corrected chi connectivity index (χ4v) is 1.40. The van der Waals surface area contributed by atoms with Crippen LogP contribution in [0.2, 0.25) is 0 Å². The molecule has 0 radical (unpaired) electrons. The van der Waals surface area contributed by atoms with Gasteiger partial charge in [-0.2, -0.15) is 0 Å². The number of nitrogens with zero attached hydrogens (tertiary/aromatic N) is 3. The van der Waals surface area contributed by atoms with Gasteiger partial charge in [0.05, 0.1) is 17.7 Å². The van der Waals surface area contributed by atoms with Crippen LogP contribution in [-0.4, -0.2) is 32.9 Å². The van der Waals surface area contributed by atoms with Gasteiger partial charge >= 0.3 is 0 Å². The number of rotatable bonds is 5. The van der Waals surface area contributed by atoms with Crippen LogP contribution >= 0.6 is 0 Å². The van der Waals surface area contributed by atoms with E-state index in [9.17, 15) is 4.79 Å². The number of likely N-dealkylation sites (N-methyl/N-ethyl adjacent to an activating group) is 1. The first kappa shape index (κ1) is 11.8. The fraction of sp³-hybridized carbons (Fsp3) is 0.700. The number of nitrogens with one attached hydrogen (secondary N) is 1. The minimum Gasteiger partial charge on any atom is -0.306 e. The van der Waals surface area contributed by atoms with Gasteiger partial charge in [0, 0.05) is 13.2 Å². The normalized spacial score (nSPS) is 11.7. The summed E-state index contributed by atoms with van der Waals surface area (Å²) in [7, 11) is 1.79. The minimum atomic E-state index is -0.494. The first-order chi connectivity index (χ1) is 6.95. The predicted octanol–water partition coefficient (Wildman–Crippen LogP) is 0.315. The van der Waals surface area contributed by atoms with E-state index in [0.29, 0.717) is 12.1 Å². The van der Waals surface area contributed by atoms with E-state index in [-0.39, 0.29) is 5.78 Å². The number of aromatic nitrogens is 3. The Labute approximate surface area is 89.9 Å². The van der Waals surface area contributed by atoms with Crippen molar-refractivity contribution < 1.29 is 4.79 Å². The highest BCUT2D eigenvalue weighted by Gasteiger charge is 2.26. The molecular formula is C10H18N4O. The second-order valence-corrected chi connectivity index (χ2v) is 4.14. The molecular weight excluding hydrogens is 192 g/mol. The number of ketones is 1. The van der Waals surface area contributed by atoms with Gasteiger partial charge in [0.2, 0.25) is 0 Å². The summed E-state index contributed by atoms with van der Waals surface area (Å²) < 4.78 is 1.60. The zero-order chi connectivity index (χ0) is 11.5. The number of hydrogen-bond acceptors (Lipinski definition) is 4. The van der Waals surface area contributed by atoms with Crippen LogP contribution in [0.25, 0.3) is 0 Å². The van der Waals surface area contributed by atoms with E-state index in [0.717, 1.165) is 6.54 Å². The lowest BCUT2D eigenvalue weighted by atomic mass is 9.96. The van der Waals surface area contributed by atoms with Crippen molar-refractivity contribution in [3.05, 3.63) is 11.9 Å². The highest BCUT2D eigenvalue weighted by atomic mass is 16.1. The van der Waals surface area contributed by atoms with Crippen LogP contribution in [0.5, 0.6) is 0 Å². The van der Waals surface area contributed by atoms with Crippen molar-refractivity contribution in [2.45, 2.75) is 32.7 Å². The molecule has 0 aliphatic heterocycles. The Bertz CT molecular complexity index is 343. The Kier molecular flexibility index (Phi) is 3.57. The third-order valence-electron chi connectivity index (χ3n) is 2.31. The molecule has 0 saturated heterocycles. The molecule has 0 aliphatic rings. The monoisotopic (exact) mass is 210 g/mol. The minimum absolute atomic E-state index is 0.129.